The molecule has 1 saturated heterocycles. The van der Waals surface area contributed by atoms with Crippen LogP contribution in [0.1, 0.15) is 61.3 Å². The molecule has 1 aliphatic rings. The minimum atomic E-state index is -0.483. The standard InChI is InChI=1S/C20H34N2O3/c1-15(2)8-9-18(23)22(14-16(3)4)17-10-12-21(13-11-17)19(24)25-20(5,6)7/h9,16-17H,10-14H2,1-7H3. The summed E-state index contributed by atoms with van der Waals surface area (Å²) in [6.45, 7) is 15.6. The molecule has 0 aromatic heterocycles. The summed E-state index contributed by atoms with van der Waals surface area (Å²) >= 11 is 0. The molecule has 5 nitrogen and oxygen atoms in total. The molecule has 0 spiro atoms. The van der Waals surface area contributed by atoms with E-state index in [4.69, 9.17) is 4.74 Å². The van der Waals surface area contributed by atoms with E-state index in [1.54, 1.807) is 4.90 Å². The Labute approximate surface area is 152 Å². The molecule has 25 heavy (non-hydrogen) atoms. The van der Waals surface area contributed by atoms with E-state index < -0.39 is 5.60 Å². The maximum absolute atomic E-state index is 12.6. The topological polar surface area (TPSA) is 49.9 Å². The second-order valence-corrected chi connectivity index (χ2v) is 8.37. The third-order valence-corrected chi connectivity index (χ3v) is 3.89. The number of hydrogen-bond donors (Lipinski definition) is 0. The first-order chi connectivity index (χ1) is 11.5. The number of carbonyl (C=O) groups is 2. The van der Waals surface area contributed by atoms with Crippen LogP contribution in [0.3, 0.4) is 0 Å². The molecule has 0 aromatic carbocycles. The van der Waals surface area contributed by atoms with Gasteiger partial charge in [-0.2, -0.15) is 0 Å². The average molecular weight is 351 g/mol. The predicted molar refractivity (Wildman–Crippen MR) is 100 cm³/mol. The first-order valence-corrected chi connectivity index (χ1v) is 9.18. The van der Waals surface area contributed by atoms with Crippen molar-refractivity contribution < 1.29 is 14.3 Å². The van der Waals surface area contributed by atoms with Gasteiger partial charge in [0.15, 0.2) is 0 Å². The van der Waals surface area contributed by atoms with Crippen LogP contribution in [-0.2, 0) is 9.53 Å². The van der Waals surface area contributed by atoms with Crippen LogP contribution in [0, 0.1) is 5.92 Å². The van der Waals surface area contributed by atoms with Crippen molar-refractivity contribution in [3.8, 4) is 0 Å². The quantitative estimate of drug-likeness (QED) is 0.569. The third-order valence-electron chi connectivity index (χ3n) is 3.89. The molecule has 0 aromatic rings. The fraction of sp³-hybridized carbons (Fsp3) is 0.750. The lowest BCUT2D eigenvalue weighted by Crippen LogP contribution is -2.50. The highest BCUT2D eigenvalue weighted by atomic mass is 16.6. The van der Waals surface area contributed by atoms with Gasteiger partial charge in [-0.1, -0.05) is 13.8 Å². The van der Waals surface area contributed by atoms with Crippen LogP contribution in [-0.4, -0.2) is 53.1 Å². The molecule has 0 unspecified atom stereocenters. The predicted octanol–water partition coefficient (Wildman–Crippen LogP) is 3.99. The van der Waals surface area contributed by atoms with Gasteiger partial charge in [-0.15, -0.1) is 5.73 Å². The summed E-state index contributed by atoms with van der Waals surface area (Å²) in [5.74, 6) is 0.401. The van der Waals surface area contributed by atoms with Crippen LogP contribution >= 0.6 is 0 Å². The normalized spacial score (nSPS) is 15.6. The summed E-state index contributed by atoms with van der Waals surface area (Å²) in [5.41, 5.74) is 3.51. The van der Waals surface area contributed by atoms with E-state index in [2.05, 4.69) is 19.6 Å². The number of piperidine rings is 1. The van der Waals surface area contributed by atoms with Crippen molar-refractivity contribution in [2.24, 2.45) is 5.92 Å². The zero-order valence-corrected chi connectivity index (χ0v) is 16.9. The van der Waals surface area contributed by atoms with Crippen LogP contribution < -0.4 is 0 Å². The van der Waals surface area contributed by atoms with Crippen LogP contribution in [0.25, 0.3) is 0 Å². The largest absolute Gasteiger partial charge is 0.444 e. The highest BCUT2D eigenvalue weighted by molar-refractivity contribution is 5.87. The number of hydrogen-bond acceptors (Lipinski definition) is 3. The lowest BCUT2D eigenvalue weighted by atomic mass is 10.0. The molecule has 1 heterocycles. The molecule has 0 aliphatic carbocycles. The molecule has 142 valence electrons. The maximum atomic E-state index is 12.6. The Morgan fingerprint density at radius 1 is 1.24 bits per heavy atom. The van der Waals surface area contributed by atoms with Crippen molar-refractivity contribution in [2.45, 2.75) is 73.0 Å². The van der Waals surface area contributed by atoms with E-state index >= 15 is 0 Å². The Kier molecular flexibility index (Phi) is 7.75. The number of amides is 2. The van der Waals surface area contributed by atoms with Crippen molar-refractivity contribution in [3.05, 3.63) is 17.4 Å². The minimum Gasteiger partial charge on any atom is -0.444 e. The number of likely N-dealkylation sites (tertiary alicyclic amines) is 1. The zero-order valence-electron chi connectivity index (χ0n) is 16.9. The molecule has 0 bridgehead atoms. The fourth-order valence-electron chi connectivity index (χ4n) is 2.79. The summed E-state index contributed by atoms with van der Waals surface area (Å²) in [4.78, 5) is 28.4. The lowest BCUT2D eigenvalue weighted by molar-refractivity contribution is -0.129. The summed E-state index contributed by atoms with van der Waals surface area (Å²) in [5, 5.41) is 0. The van der Waals surface area contributed by atoms with E-state index in [1.165, 1.54) is 6.08 Å². The molecule has 0 atom stereocenters. The summed E-state index contributed by atoms with van der Waals surface area (Å²) in [6.07, 6.45) is 2.83. The number of nitrogens with zero attached hydrogens (tertiary/aromatic N) is 2. The van der Waals surface area contributed by atoms with Crippen molar-refractivity contribution >= 4 is 12.0 Å². The van der Waals surface area contributed by atoms with Gasteiger partial charge in [-0.25, -0.2) is 4.79 Å². The second-order valence-electron chi connectivity index (χ2n) is 8.37. The molecule has 5 heteroatoms. The Morgan fingerprint density at radius 2 is 1.80 bits per heavy atom. The molecular formula is C20H34N2O3. The summed E-state index contributed by atoms with van der Waals surface area (Å²) in [6, 6.07) is 0.156. The molecule has 0 radical (unpaired) electrons. The molecule has 0 saturated carbocycles. The van der Waals surface area contributed by atoms with Crippen LogP contribution in [0.15, 0.2) is 17.4 Å². The van der Waals surface area contributed by atoms with Gasteiger partial charge in [0.1, 0.15) is 5.60 Å². The Morgan fingerprint density at radius 3 is 2.24 bits per heavy atom. The Bertz CT molecular complexity index is 528. The molecule has 0 N–H and O–H groups in total. The van der Waals surface area contributed by atoms with E-state index in [-0.39, 0.29) is 18.0 Å². The van der Waals surface area contributed by atoms with Gasteiger partial charge in [0.05, 0.1) is 0 Å². The highest BCUT2D eigenvalue weighted by Crippen LogP contribution is 2.20. The van der Waals surface area contributed by atoms with Gasteiger partial charge < -0.3 is 14.5 Å². The molecule has 2 amide bonds. The smallest absolute Gasteiger partial charge is 0.410 e. The van der Waals surface area contributed by atoms with Crippen LogP contribution in [0.2, 0.25) is 0 Å². The van der Waals surface area contributed by atoms with Crippen LogP contribution in [0.4, 0.5) is 4.79 Å². The minimum absolute atomic E-state index is 0.00520. The molecule has 1 aliphatic heterocycles. The maximum Gasteiger partial charge on any atom is 0.410 e. The van der Waals surface area contributed by atoms with Crippen molar-refractivity contribution in [1.82, 2.24) is 9.80 Å². The highest BCUT2D eigenvalue weighted by Gasteiger charge is 2.31. The Hall–Kier alpha value is -1.74. The SMILES string of the molecule is CC(C)=C=CC(=O)N(CC(C)C)C1CCN(C(=O)OC(C)(C)C)CC1. The van der Waals surface area contributed by atoms with Gasteiger partial charge in [-0.05, 0) is 59.0 Å². The third kappa shape index (κ3) is 7.78. The van der Waals surface area contributed by atoms with Crippen LogP contribution in [0.5, 0.6) is 0 Å². The van der Waals surface area contributed by atoms with Gasteiger partial charge >= 0.3 is 6.09 Å². The van der Waals surface area contributed by atoms with E-state index in [9.17, 15) is 9.59 Å². The number of rotatable bonds is 4. The lowest BCUT2D eigenvalue weighted by Gasteiger charge is -2.39. The molecule has 1 rings (SSSR count). The average Bonchev–Trinajstić information content (AvgIpc) is 2.48. The molecular weight excluding hydrogens is 316 g/mol. The second kappa shape index (κ2) is 9.10. The zero-order chi connectivity index (χ0) is 19.2. The Balaban J connectivity index is 2.73. The van der Waals surface area contributed by atoms with Gasteiger partial charge in [0, 0.05) is 31.8 Å². The van der Waals surface area contributed by atoms with E-state index in [1.807, 2.05) is 39.5 Å². The van der Waals surface area contributed by atoms with Gasteiger partial charge in [0.25, 0.3) is 5.91 Å². The summed E-state index contributed by atoms with van der Waals surface area (Å²) < 4.78 is 5.44. The van der Waals surface area contributed by atoms with Crippen molar-refractivity contribution in [1.29, 1.82) is 0 Å². The van der Waals surface area contributed by atoms with Crippen molar-refractivity contribution in [2.75, 3.05) is 19.6 Å². The monoisotopic (exact) mass is 350 g/mol. The number of ether oxygens (including phenoxy) is 1. The fourth-order valence-corrected chi connectivity index (χ4v) is 2.79. The van der Waals surface area contributed by atoms with Gasteiger partial charge in [-0.3, -0.25) is 4.79 Å². The first kappa shape index (κ1) is 21.3. The van der Waals surface area contributed by atoms with E-state index in [0.29, 0.717) is 19.0 Å². The van der Waals surface area contributed by atoms with Crippen molar-refractivity contribution in [3.63, 3.8) is 0 Å². The molecule has 1 fully saturated rings. The van der Waals surface area contributed by atoms with Gasteiger partial charge in [0.2, 0.25) is 0 Å². The first-order valence-electron chi connectivity index (χ1n) is 9.18. The number of carbonyl (C=O) groups excluding carboxylic acids is 2. The summed E-state index contributed by atoms with van der Waals surface area (Å²) in [7, 11) is 0. The van der Waals surface area contributed by atoms with E-state index in [0.717, 1.165) is 25.0 Å².